The summed E-state index contributed by atoms with van der Waals surface area (Å²) in [5.41, 5.74) is 0.956. The predicted octanol–water partition coefficient (Wildman–Crippen LogP) is 2.35. The Morgan fingerprint density at radius 1 is 1.30 bits per heavy atom. The number of hydrogen-bond acceptors (Lipinski definition) is 4. The van der Waals surface area contributed by atoms with Gasteiger partial charge >= 0.3 is 0 Å². The van der Waals surface area contributed by atoms with Crippen molar-refractivity contribution in [3.8, 4) is 11.6 Å². The average molecular weight is 311 g/mol. The standard InChI is InChI=1S/C18H21N3O2/c1-13(15-11-19-12-15)18(22)21-10-14-7-8-17(20-9-14)23-16-5-3-2-4-6-16/h2-9,13,15,19H,10-12H2,1H3,(H,21,22). The average Bonchev–Trinajstić information content (AvgIpc) is 2.53. The molecule has 1 saturated heterocycles. The van der Waals surface area contributed by atoms with Crippen LogP contribution in [0.3, 0.4) is 0 Å². The van der Waals surface area contributed by atoms with Crippen molar-refractivity contribution in [1.82, 2.24) is 15.6 Å². The van der Waals surface area contributed by atoms with Crippen molar-refractivity contribution >= 4 is 5.91 Å². The maximum atomic E-state index is 12.1. The summed E-state index contributed by atoms with van der Waals surface area (Å²) in [6, 6.07) is 13.3. The van der Waals surface area contributed by atoms with Crippen LogP contribution in [-0.4, -0.2) is 24.0 Å². The Morgan fingerprint density at radius 3 is 2.70 bits per heavy atom. The lowest BCUT2D eigenvalue weighted by atomic mass is 9.88. The van der Waals surface area contributed by atoms with Gasteiger partial charge in [0.05, 0.1) is 0 Å². The van der Waals surface area contributed by atoms with Crippen LogP contribution in [0.5, 0.6) is 11.6 Å². The van der Waals surface area contributed by atoms with Crippen LogP contribution in [0.25, 0.3) is 0 Å². The molecule has 1 fully saturated rings. The number of para-hydroxylation sites is 1. The van der Waals surface area contributed by atoms with Gasteiger partial charge in [-0.15, -0.1) is 0 Å². The first-order valence-corrected chi connectivity index (χ1v) is 7.88. The lowest BCUT2D eigenvalue weighted by Gasteiger charge is -2.31. The fourth-order valence-corrected chi connectivity index (χ4v) is 2.41. The summed E-state index contributed by atoms with van der Waals surface area (Å²) in [7, 11) is 0. The molecule has 0 radical (unpaired) electrons. The van der Waals surface area contributed by atoms with Crippen molar-refractivity contribution in [3.63, 3.8) is 0 Å². The van der Waals surface area contributed by atoms with Crippen LogP contribution in [0.1, 0.15) is 12.5 Å². The molecule has 23 heavy (non-hydrogen) atoms. The maximum absolute atomic E-state index is 12.1. The summed E-state index contributed by atoms with van der Waals surface area (Å²) in [5.74, 6) is 1.89. The van der Waals surface area contributed by atoms with Crippen LogP contribution < -0.4 is 15.4 Å². The summed E-state index contributed by atoms with van der Waals surface area (Å²) in [4.78, 5) is 16.4. The van der Waals surface area contributed by atoms with Crippen molar-refractivity contribution < 1.29 is 9.53 Å². The van der Waals surface area contributed by atoms with E-state index in [0.717, 1.165) is 24.4 Å². The molecular formula is C18H21N3O2. The van der Waals surface area contributed by atoms with Gasteiger partial charge < -0.3 is 15.4 Å². The van der Waals surface area contributed by atoms with Crippen LogP contribution >= 0.6 is 0 Å². The SMILES string of the molecule is CC(C(=O)NCc1ccc(Oc2ccccc2)nc1)C1CNC1. The second-order valence-corrected chi connectivity index (χ2v) is 5.84. The monoisotopic (exact) mass is 311 g/mol. The highest BCUT2D eigenvalue weighted by atomic mass is 16.5. The van der Waals surface area contributed by atoms with Gasteiger partial charge in [0.2, 0.25) is 11.8 Å². The lowest BCUT2D eigenvalue weighted by molar-refractivity contribution is -0.126. The van der Waals surface area contributed by atoms with Crippen molar-refractivity contribution in [2.45, 2.75) is 13.5 Å². The molecule has 2 N–H and O–H groups in total. The van der Waals surface area contributed by atoms with Crippen molar-refractivity contribution in [2.75, 3.05) is 13.1 Å². The fourth-order valence-electron chi connectivity index (χ4n) is 2.41. The lowest BCUT2D eigenvalue weighted by Crippen LogP contribution is -2.49. The molecule has 0 bridgehead atoms. The van der Waals surface area contributed by atoms with Gasteiger partial charge in [-0.1, -0.05) is 31.2 Å². The number of nitrogens with one attached hydrogen (secondary N) is 2. The molecule has 2 aromatic rings. The maximum Gasteiger partial charge on any atom is 0.223 e. The molecule has 3 rings (SSSR count). The number of carbonyl (C=O) groups is 1. The Hall–Kier alpha value is -2.40. The first kappa shape index (κ1) is 15.5. The number of nitrogens with zero attached hydrogens (tertiary/aromatic N) is 1. The summed E-state index contributed by atoms with van der Waals surface area (Å²) in [5, 5.41) is 6.16. The van der Waals surface area contributed by atoms with Crippen LogP contribution in [0.4, 0.5) is 0 Å². The van der Waals surface area contributed by atoms with E-state index in [1.165, 1.54) is 0 Å². The molecule has 1 aromatic carbocycles. The zero-order chi connectivity index (χ0) is 16.1. The van der Waals surface area contributed by atoms with Crippen LogP contribution in [0.15, 0.2) is 48.7 Å². The first-order chi connectivity index (χ1) is 11.2. The molecule has 5 heteroatoms. The zero-order valence-corrected chi connectivity index (χ0v) is 13.2. The van der Waals surface area contributed by atoms with E-state index >= 15 is 0 Å². The van der Waals surface area contributed by atoms with Gasteiger partial charge in [0.15, 0.2) is 0 Å². The summed E-state index contributed by atoms with van der Waals surface area (Å²) in [6.45, 7) is 4.33. The molecule has 1 amide bonds. The quantitative estimate of drug-likeness (QED) is 0.859. The molecule has 1 atom stereocenters. The summed E-state index contributed by atoms with van der Waals surface area (Å²) >= 11 is 0. The van der Waals surface area contributed by atoms with Gasteiger partial charge in [0, 0.05) is 24.7 Å². The fraction of sp³-hybridized carbons (Fsp3) is 0.333. The summed E-state index contributed by atoms with van der Waals surface area (Å²) < 4.78 is 5.65. The largest absolute Gasteiger partial charge is 0.439 e. The van der Waals surface area contributed by atoms with Crippen molar-refractivity contribution in [3.05, 3.63) is 54.2 Å². The third-order valence-corrected chi connectivity index (χ3v) is 4.16. The number of carbonyl (C=O) groups excluding carboxylic acids is 1. The third kappa shape index (κ3) is 4.07. The molecule has 1 aromatic heterocycles. The normalized spacial score (nSPS) is 15.5. The summed E-state index contributed by atoms with van der Waals surface area (Å²) in [6.07, 6.45) is 1.73. The van der Waals surface area contributed by atoms with E-state index in [4.69, 9.17) is 4.74 Å². The van der Waals surface area contributed by atoms with E-state index in [2.05, 4.69) is 15.6 Å². The Balaban J connectivity index is 1.50. The smallest absolute Gasteiger partial charge is 0.223 e. The van der Waals surface area contributed by atoms with E-state index in [1.807, 2.05) is 49.4 Å². The van der Waals surface area contributed by atoms with E-state index in [9.17, 15) is 4.79 Å². The van der Waals surface area contributed by atoms with Gasteiger partial charge in [-0.25, -0.2) is 4.98 Å². The number of pyridine rings is 1. The van der Waals surface area contributed by atoms with Crippen LogP contribution in [0.2, 0.25) is 0 Å². The van der Waals surface area contributed by atoms with Crippen LogP contribution in [-0.2, 0) is 11.3 Å². The second-order valence-electron chi connectivity index (χ2n) is 5.84. The number of amides is 1. The van der Waals surface area contributed by atoms with E-state index in [-0.39, 0.29) is 11.8 Å². The number of aromatic nitrogens is 1. The van der Waals surface area contributed by atoms with E-state index in [1.54, 1.807) is 6.20 Å². The Morgan fingerprint density at radius 2 is 2.09 bits per heavy atom. The molecule has 1 unspecified atom stereocenters. The zero-order valence-electron chi connectivity index (χ0n) is 13.2. The molecule has 1 aliphatic heterocycles. The molecule has 5 nitrogen and oxygen atoms in total. The minimum Gasteiger partial charge on any atom is -0.439 e. The topological polar surface area (TPSA) is 63.2 Å². The number of ether oxygens (including phenoxy) is 1. The minimum atomic E-state index is 0.0462. The highest BCUT2D eigenvalue weighted by molar-refractivity contribution is 5.78. The molecule has 0 spiro atoms. The van der Waals surface area contributed by atoms with E-state index < -0.39 is 0 Å². The molecular weight excluding hydrogens is 290 g/mol. The predicted molar refractivity (Wildman–Crippen MR) is 88.1 cm³/mol. The first-order valence-electron chi connectivity index (χ1n) is 7.88. The Labute approximate surface area is 136 Å². The molecule has 0 aliphatic carbocycles. The van der Waals surface area contributed by atoms with Gasteiger partial charge in [0.25, 0.3) is 0 Å². The molecule has 0 saturated carbocycles. The second kappa shape index (κ2) is 7.24. The van der Waals surface area contributed by atoms with Crippen molar-refractivity contribution in [1.29, 1.82) is 0 Å². The minimum absolute atomic E-state index is 0.0462. The molecule has 2 heterocycles. The number of rotatable bonds is 6. The van der Waals surface area contributed by atoms with Crippen LogP contribution in [0, 0.1) is 11.8 Å². The van der Waals surface area contributed by atoms with E-state index in [0.29, 0.717) is 18.3 Å². The van der Waals surface area contributed by atoms with Crippen molar-refractivity contribution in [2.24, 2.45) is 11.8 Å². The Bertz CT molecular complexity index is 639. The molecule has 1 aliphatic rings. The number of hydrogen-bond donors (Lipinski definition) is 2. The van der Waals surface area contributed by atoms with Gasteiger partial charge in [-0.2, -0.15) is 0 Å². The highest BCUT2D eigenvalue weighted by Crippen LogP contribution is 2.19. The van der Waals surface area contributed by atoms with Gasteiger partial charge in [-0.3, -0.25) is 4.79 Å². The molecule has 120 valence electrons. The third-order valence-electron chi connectivity index (χ3n) is 4.16. The highest BCUT2D eigenvalue weighted by Gasteiger charge is 2.28. The van der Waals surface area contributed by atoms with Gasteiger partial charge in [0.1, 0.15) is 5.75 Å². The number of benzene rings is 1. The Kier molecular flexibility index (Phi) is 4.88. The van der Waals surface area contributed by atoms with Gasteiger partial charge in [-0.05, 0) is 36.7 Å².